The molecule has 0 aliphatic rings. The van der Waals surface area contributed by atoms with Crippen LogP contribution in [0.15, 0.2) is 34.9 Å². The number of nitrogens with zero attached hydrogens (tertiary/aromatic N) is 2. The second-order valence-corrected chi connectivity index (χ2v) is 5.79. The number of amides is 1. The van der Waals surface area contributed by atoms with Crippen LogP contribution < -0.4 is 0 Å². The van der Waals surface area contributed by atoms with E-state index in [0.29, 0.717) is 17.2 Å². The van der Waals surface area contributed by atoms with E-state index in [2.05, 4.69) is 9.72 Å². The lowest BCUT2D eigenvalue weighted by Crippen LogP contribution is -2.41. The van der Waals surface area contributed by atoms with Gasteiger partial charge in [0.15, 0.2) is 11.7 Å². The molecular formula is C18H21FN2O4. The first-order chi connectivity index (χ1) is 11.9. The molecule has 1 aromatic carbocycles. The average Bonchev–Trinajstić information content (AvgIpc) is 3.06. The van der Waals surface area contributed by atoms with E-state index in [1.807, 2.05) is 13.8 Å². The van der Waals surface area contributed by atoms with Crippen LogP contribution in [0.3, 0.4) is 0 Å². The molecule has 0 unspecified atom stereocenters. The van der Waals surface area contributed by atoms with Gasteiger partial charge in [-0.25, -0.2) is 9.37 Å². The zero-order valence-corrected chi connectivity index (χ0v) is 14.5. The smallest absolute Gasteiger partial charge is 0.325 e. The maximum Gasteiger partial charge on any atom is 0.325 e. The van der Waals surface area contributed by atoms with Gasteiger partial charge in [0.1, 0.15) is 12.4 Å². The highest BCUT2D eigenvalue weighted by molar-refractivity contribution is 5.82. The predicted molar refractivity (Wildman–Crippen MR) is 89.1 cm³/mol. The summed E-state index contributed by atoms with van der Waals surface area (Å²) in [5.74, 6) is -0.416. The van der Waals surface area contributed by atoms with Crippen LogP contribution in [0.25, 0.3) is 11.3 Å². The molecule has 0 saturated heterocycles. The predicted octanol–water partition coefficient (Wildman–Crippen LogP) is 2.82. The number of carbonyl (C=O) groups excluding carboxylic acids is 2. The monoisotopic (exact) mass is 348 g/mol. The van der Waals surface area contributed by atoms with Gasteiger partial charge >= 0.3 is 5.97 Å². The normalized spacial score (nSPS) is 10.8. The van der Waals surface area contributed by atoms with Gasteiger partial charge in [0.05, 0.1) is 18.9 Å². The van der Waals surface area contributed by atoms with Crippen molar-refractivity contribution < 1.29 is 23.1 Å². The number of halogens is 1. The number of oxazole rings is 1. The number of benzene rings is 1. The van der Waals surface area contributed by atoms with Crippen LogP contribution >= 0.6 is 0 Å². The molecule has 2 rings (SSSR count). The lowest BCUT2D eigenvalue weighted by Gasteiger charge is -2.25. The Morgan fingerprint density at radius 1 is 1.32 bits per heavy atom. The third-order valence-corrected chi connectivity index (χ3v) is 3.72. The fourth-order valence-corrected chi connectivity index (χ4v) is 2.33. The number of aryl methyl sites for hydroxylation is 1. The van der Waals surface area contributed by atoms with Gasteiger partial charge in [0, 0.05) is 18.9 Å². The lowest BCUT2D eigenvalue weighted by atomic mass is 10.2. The lowest BCUT2D eigenvalue weighted by molar-refractivity contribution is -0.148. The SMILES string of the molecule is COC(=O)CN(C(=O)CCc1ncc(-c2ccccc2F)o1)C(C)C. The van der Waals surface area contributed by atoms with E-state index in [1.54, 1.807) is 18.2 Å². The second-order valence-electron chi connectivity index (χ2n) is 5.79. The first kappa shape index (κ1) is 18.6. The van der Waals surface area contributed by atoms with Gasteiger partial charge in [-0.05, 0) is 26.0 Å². The summed E-state index contributed by atoms with van der Waals surface area (Å²) in [5.41, 5.74) is 0.321. The molecule has 6 nitrogen and oxygen atoms in total. The number of rotatable bonds is 7. The van der Waals surface area contributed by atoms with Crippen molar-refractivity contribution in [3.05, 3.63) is 42.2 Å². The summed E-state index contributed by atoms with van der Waals surface area (Å²) in [6.07, 6.45) is 1.83. The summed E-state index contributed by atoms with van der Waals surface area (Å²) in [4.78, 5) is 29.3. The molecule has 2 aromatic rings. The molecule has 0 bridgehead atoms. The van der Waals surface area contributed by atoms with E-state index >= 15 is 0 Å². The molecule has 1 amide bonds. The van der Waals surface area contributed by atoms with Crippen LogP contribution in [-0.2, 0) is 20.7 Å². The molecule has 1 aromatic heterocycles. The average molecular weight is 348 g/mol. The standard InChI is InChI=1S/C18H21FN2O4/c1-12(2)21(11-18(23)24-3)17(22)9-8-16-20-10-15(25-16)13-6-4-5-7-14(13)19/h4-7,10,12H,8-9,11H2,1-3H3. The minimum atomic E-state index is -0.472. The van der Waals surface area contributed by atoms with Crippen molar-refractivity contribution in [2.45, 2.75) is 32.7 Å². The van der Waals surface area contributed by atoms with Gasteiger partial charge in [-0.1, -0.05) is 12.1 Å². The fraction of sp³-hybridized carbons (Fsp3) is 0.389. The highest BCUT2D eigenvalue weighted by atomic mass is 19.1. The zero-order chi connectivity index (χ0) is 18.4. The Kier molecular flexibility index (Phi) is 6.27. The molecule has 0 radical (unpaired) electrons. The Bertz CT molecular complexity index is 742. The van der Waals surface area contributed by atoms with Gasteiger partial charge in [0.2, 0.25) is 5.91 Å². The third-order valence-electron chi connectivity index (χ3n) is 3.72. The Morgan fingerprint density at radius 2 is 2.04 bits per heavy atom. The molecule has 0 atom stereocenters. The minimum Gasteiger partial charge on any atom is -0.468 e. The summed E-state index contributed by atoms with van der Waals surface area (Å²) in [5, 5.41) is 0. The largest absolute Gasteiger partial charge is 0.468 e. The Labute approximate surface area is 145 Å². The maximum atomic E-state index is 13.8. The van der Waals surface area contributed by atoms with Gasteiger partial charge in [0.25, 0.3) is 0 Å². The Balaban J connectivity index is 2.00. The second kappa shape index (κ2) is 8.41. The van der Waals surface area contributed by atoms with Gasteiger partial charge in [-0.3, -0.25) is 9.59 Å². The summed E-state index contributed by atoms with van der Waals surface area (Å²) >= 11 is 0. The fourth-order valence-electron chi connectivity index (χ4n) is 2.33. The van der Waals surface area contributed by atoms with E-state index in [4.69, 9.17) is 4.42 Å². The van der Waals surface area contributed by atoms with Crippen LogP contribution in [0.1, 0.15) is 26.2 Å². The molecule has 0 fully saturated rings. The summed E-state index contributed by atoms with van der Waals surface area (Å²) in [6, 6.07) is 6.11. The molecule has 25 heavy (non-hydrogen) atoms. The molecule has 0 aliphatic carbocycles. The van der Waals surface area contributed by atoms with Crippen LogP contribution in [0.5, 0.6) is 0 Å². The van der Waals surface area contributed by atoms with E-state index in [-0.39, 0.29) is 31.3 Å². The number of methoxy groups -OCH3 is 1. The van der Waals surface area contributed by atoms with Gasteiger partial charge < -0.3 is 14.1 Å². The van der Waals surface area contributed by atoms with Crippen molar-refractivity contribution in [3.8, 4) is 11.3 Å². The molecule has 7 heteroatoms. The van der Waals surface area contributed by atoms with Crippen molar-refractivity contribution in [2.24, 2.45) is 0 Å². The zero-order valence-electron chi connectivity index (χ0n) is 14.5. The number of esters is 1. The van der Waals surface area contributed by atoms with E-state index < -0.39 is 11.8 Å². The van der Waals surface area contributed by atoms with Crippen LogP contribution in [-0.4, -0.2) is 41.5 Å². The van der Waals surface area contributed by atoms with E-state index in [0.717, 1.165) is 0 Å². The third kappa shape index (κ3) is 4.89. The number of aromatic nitrogens is 1. The Morgan fingerprint density at radius 3 is 2.68 bits per heavy atom. The summed E-state index contributed by atoms with van der Waals surface area (Å²) < 4.78 is 23.9. The highest BCUT2D eigenvalue weighted by Crippen LogP contribution is 2.23. The quantitative estimate of drug-likeness (QED) is 0.720. The van der Waals surface area contributed by atoms with Crippen molar-refractivity contribution >= 4 is 11.9 Å². The molecule has 0 spiro atoms. The van der Waals surface area contributed by atoms with Crippen molar-refractivity contribution in [2.75, 3.05) is 13.7 Å². The first-order valence-corrected chi connectivity index (χ1v) is 7.98. The number of hydrogen-bond donors (Lipinski definition) is 0. The molecule has 134 valence electrons. The number of carbonyl (C=O) groups is 2. The van der Waals surface area contributed by atoms with E-state index in [9.17, 15) is 14.0 Å². The van der Waals surface area contributed by atoms with Crippen molar-refractivity contribution in [1.29, 1.82) is 0 Å². The first-order valence-electron chi connectivity index (χ1n) is 7.98. The van der Waals surface area contributed by atoms with Crippen molar-refractivity contribution in [3.63, 3.8) is 0 Å². The topological polar surface area (TPSA) is 72.6 Å². The molecule has 0 aliphatic heterocycles. The van der Waals surface area contributed by atoms with Gasteiger partial charge in [-0.2, -0.15) is 0 Å². The van der Waals surface area contributed by atoms with Crippen molar-refractivity contribution in [1.82, 2.24) is 9.88 Å². The summed E-state index contributed by atoms with van der Waals surface area (Å²) in [6.45, 7) is 3.55. The van der Waals surface area contributed by atoms with Gasteiger partial charge in [-0.15, -0.1) is 0 Å². The molecule has 1 heterocycles. The van der Waals surface area contributed by atoms with Crippen LogP contribution in [0.4, 0.5) is 4.39 Å². The van der Waals surface area contributed by atoms with Crippen LogP contribution in [0, 0.1) is 5.82 Å². The molecule has 0 saturated carbocycles. The number of ether oxygens (including phenoxy) is 1. The van der Waals surface area contributed by atoms with Crippen LogP contribution in [0.2, 0.25) is 0 Å². The Hall–Kier alpha value is -2.70. The molecule has 0 N–H and O–H groups in total. The summed E-state index contributed by atoms with van der Waals surface area (Å²) in [7, 11) is 1.28. The molecular weight excluding hydrogens is 327 g/mol. The number of hydrogen-bond acceptors (Lipinski definition) is 5. The maximum absolute atomic E-state index is 13.8. The highest BCUT2D eigenvalue weighted by Gasteiger charge is 2.21. The van der Waals surface area contributed by atoms with E-state index in [1.165, 1.54) is 24.3 Å². The minimum absolute atomic E-state index is 0.0982.